The summed E-state index contributed by atoms with van der Waals surface area (Å²) in [6, 6.07) is 5.09. The maximum absolute atomic E-state index is 15.0. The molecule has 256 valence electrons. The highest BCUT2D eigenvalue weighted by Gasteiger charge is 2.42. The first-order chi connectivity index (χ1) is 22.0. The summed E-state index contributed by atoms with van der Waals surface area (Å²) in [5, 5.41) is 0.154. The maximum Gasteiger partial charge on any atom is 0.417 e. The van der Waals surface area contributed by atoms with E-state index in [4.69, 9.17) is 14.2 Å². The van der Waals surface area contributed by atoms with Gasteiger partial charge < -0.3 is 19.1 Å². The summed E-state index contributed by atoms with van der Waals surface area (Å²) >= 11 is 1.19. The van der Waals surface area contributed by atoms with E-state index in [1.165, 1.54) is 42.7 Å². The summed E-state index contributed by atoms with van der Waals surface area (Å²) in [7, 11) is 3.04. The summed E-state index contributed by atoms with van der Waals surface area (Å²) in [4.78, 5) is 35.1. The Morgan fingerprint density at radius 1 is 1.04 bits per heavy atom. The minimum atomic E-state index is -4.80. The summed E-state index contributed by atoms with van der Waals surface area (Å²) in [5.74, 6) is -0.205. The van der Waals surface area contributed by atoms with E-state index in [0.29, 0.717) is 5.52 Å². The fourth-order valence-corrected chi connectivity index (χ4v) is 8.09. The number of methoxy groups -OCH3 is 2. The van der Waals surface area contributed by atoms with E-state index >= 15 is 13.2 Å². The Labute approximate surface area is 275 Å². The van der Waals surface area contributed by atoms with Crippen molar-refractivity contribution < 1.29 is 36.6 Å². The number of halogens is 4. The van der Waals surface area contributed by atoms with E-state index in [2.05, 4.69) is 4.98 Å². The fourth-order valence-electron chi connectivity index (χ4n) is 6.65. The van der Waals surface area contributed by atoms with Crippen LogP contribution >= 0.6 is 11.8 Å². The molecule has 1 fully saturated rings. The van der Waals surface area contributed by atoms with E-state index in [0.717, 1.165) is 18.2 Å². The van der Waals surface area contributed by atoms with Crippen molar-refractivity contribution in [2.24, 2.45) is 5.41 Å². The molecule has 14 heteroatoms. The molecule has 0 spiro atoms. The first-order valence-electron chi connectivity index (χ1n) is 15.3. The van der Waals surface area contributed by atoms with Crippen LogP contribution in [0.2, 0.25) is 0 Å². The Morgan fingerprint density at radius 3 is 2.17 bits per heavy atom. The maximum atomic E-state index is 15.0. The Morgan fingerprint density at radius 2 is 1.64 bits per heavy atom. The van der Waals surface area contributed by atoms with Gasteiger partial charge in [-0.05, 0) is 58.4 Å². The molecule has 0 radical (unpaired) electrons. The van der Waals surface area contributed by atoms with E-state index in [1.54, 1.807) is 30.6 Å². The number of benzene rings is 2. The zero-order valence-corrected chi connectivity index (χ0v) is 28.4. The molecule has 0 saturated carbocycles. The normalized spacial score (nSPS) is 20.0. The first-order valence-corrected chi connectivity index (χ1v) is 16.3. The molecule has 2 atom stereocenters. The van der Waals surface area contributed by atoms with Gasteiger partial charge in [0.05, 0.1) is 36.4 Å². The predicted molar refractivity (Wildman–Crippen MR) is 173 cm³/mol. The molecular weight excluding hydrogens is 640 g/mol. The van der Waals surface area contributed by atoms with Crippen LogP contribution in [0.15, 0.2) is 40.0 Å². The SMILES string of the molecule is COCC1(COC)CSc2c(-c3ccc(F)cc3)c(C(F)(F)F)cc3c(N4C[C@@H](C)N(C(=O)OC(C)(C)C)[C@@H](C)C4)nc(=O)n(c23)C1. The molecular formula is C33H40F4N4O5S. The van der Waals surface area contributed by atoms with Gasteiger partial charge in [0.25, 0.3) is 0 Å². The van der Waals surface area contributed by atoms with Gasteiger partial charge in [-0.1, -0.05) is 12.1 Å². The highest BCUT2D eigenvalue weighted by atomic mass is 32.2. The first kappa shape index (κ1) is 35.0. The number of hydrogen-bond acceptors (Lipinski definition) is 8. The largest absolute Gasteiger partial charge is 0.444 e. The number of alkyl halides is 3. The molecule has 2 aromatic carbocycles. The quantitative estimate of drug-likeness (QED) is 0.275. The van der Waals surface area contributed by atoms with Crippen molar-refractivity contribution in [3.8, 4) is 11.1 Å². The van der Waals surface area contributed by atoms with Crippen molar-refractivity contribution in [1.82, 2.24) is 14.5 Å². The van der Waals surface area contributed by atoms with Gasteiger partial charge >= 0.3 is 18.0 Å². The Hall–Kier alpha value is -3.36. The van der Waals surface area contributed by atoms with Gasteiger partial charge in [0, 0.05) is 60.9 Å². The van der Waals surface area contributed by atoms with E-state index in [1.807, 2.05) is 13.8 Å². The van der Waals surface area contributed by atoms with Crippen molar-refractivity contribution in [1.29, 1.82) is 0 Å². The van der Waals surface area contributed by atoms with Gasteiger partial charge in [0.15, 0.2) is 0 Å². The zero-order chi connectivity index (χ0) is 34.5. The predicted octanol–water partition coefficient (Wildman–Crippen LogP) is 6.44. The summed E-state index contributed by atoms with van der Waals surface area (Å²) in [6.07, 6.45) is -5.29. The second-order valence-electron chi connectivity index (χ2n) is 13.5. The lowest BCUT2D eigenvalue weighted by Crippen LogP contribution is -2.59. The monoisotopic (exact) mass is 680 g/mol. The van der Waals surface area contributed by atoms with E-state index in [-0.39, 0.29) is 65.8 Å². The van der Waals surface area contributed by atoms with Gasteiger partial charge in [-0.3, -0.25) is 9.47 Å². The van der Waals surface area contributed by atoms with Crippen LogP contribution in [0.4, 0.5) is 28.2 Å². The highest BCUT2D eigenvalue weighted by Crippen LogP contribution is 2.50. The standard InChI is InChI=1S/C33H40F4N4O5S/c1-19-13-39(14-20(2)41(19)30(43)46-31(3,4)5)28-23-12-24(33(35,36)37)25(21-8-10-22(34)11-9-21)27-26(23)40(29(42)38-28)15-32(16-44-6,17-45-7)18-47-27/h8-12,19-20H,13-18H2,1-7H3/t19-,20+. The van der Waals surface area contributed by atoms with Crippen LogP contribution < -0.4 is 10.6 Å². The number of carbonyl (C=O) groups excluding carboxylic acids is 1. The van der Waals surface area contributed by atoms with Crippen molar-refractivity contribution in [3.63, 3.8) is 0 Å². The minimum Gasteiger partial charge on any atom is -0.444 e. The van der Waals surface area contributed by atoms with Crippen molar-refractivity contribution in [2.45, 2.75) is 69.9 Å². The number of aromatic nitrogens is 2. The topological polar surface area (TPSA) is 86.1 Å². The third-order valence-corrected chi connectivity index (χ3v) is 9.82. The number of piperazine rings is 1. The van der Waals surface area contributed by atoms with Crippen LogP contribution in [0.25, 0.3) is 22.0 Å². The minimum absolute atomic E-state index is 0.0880. The van der Waals surface area contributed by atoms with Crippen LogP contribution in [0.1, 0.15) is 40.2 Å². The molecule has 3 heterocycles. The zero-order valence-electron chi connectivity index (χ0n) is 27.5. The molecule has 0 N–H and O–H groups in total. The summed E-state index contributed by atoms with van der Waals surface area (Å²) < 4.78 is 77.2. The molecule has 2 aliphatic heterocycles. The molecule has 2 aliphatic rings. The number of thioether (sulfide) groups is 1. The molecule has 47 heavy (non-hydrogen) atoms. The third-order valence-electron chi connectivity index (χ3n) is 8.38. The van der Waals surface area contributed by atoms with Crippen LogP contribution in [0, 0.1) is 11.2 Å². The molecule has 9 nitrogen and oxygen atoms in total. The second-order valence-corrected chi connectivity index (χ2v) is 14.5. The summed E-state index contributed by atoms with van der Waals surface area (Å²) in [5.41, 5.74) is -2.70. The number of carbonyl (C=O) groups is 1. The van der Waals surface area contributed by atoms with Gasteiger partial charge in [0.2, 0.25) is 0 Å². The van der Waals surface area contributed by atoms with Crippen LogP contribution in [0.3, 0.4) is 0 Å². The molecule has 0 aliphatic carbocycles. The Bertz CT molecular complexity index is 1690. The molecule has 0 bridgehead atoms. The number of anilines is 1. The van der Waals surface area contributed by atoms with Gasteiger partial charge in [0.1, 0.15) is 17.2 Å². The molecule has 1 aromatic heterocycles. The number of ether oxygens (including phenoxy) is 3. The van der Waals surface area contributed by atoms with Crippen LogP contribution in [-0.4, -0.2) is 84.5 Å². The van der Waals surface area contributed by atoms with Gasteiger partial charge in [-0.25, -0.2) is 14.0 Å². The second kappa shape index (κ2) is 12.9. The Kier molecular flexibility index (Phi) is 9.61. The number of nitrogens with zero attached hydrogens (tertiary/aromatic N) is 4. The van der Waals surface area contributed by atoms with Gasteiger partial charge in [-0.2, -0.15) is 18.2 Å². The van der Waals surface area contributed by atoms with Crippen LogP contribution in [-0.2, 0) is 26.9 Å². The van der Waals surface area contributed by atoms with Crippen molar-refractivity contribution >= 4 is 34.6 Å². The lowest BCUT2D eigenvalue weighted by Gasteiger charge is -2.45. The average Bonchev–Trinajstić information content (AvgIpc) is 3.12. The molecule has 5 rings (SSSR count). The third kappa shape index (κ3) is 6.95. The van der Waals surface area contributed by atoms with Gasteiger partial charge in [-0.15, -0.1) is 11.8 Å². The fraction of sp³-hybridized carbons (Fsp3) is 0.545. The molecule has 3 aromatic rings. The van der Waals surface area contributed by atoms with E-state index < -0.39 is 52.4 Å². The lowest BCUT2D eigenvalue weighted by atomic mass is 9.91. The number of amides is 1. The van der Waals surface area contributed by atoms with Crippen molar-refractivity contribution in [3.05, 3.63) is 52.2 Å². The lowest BCUT2D eigenvalue weighted by molar-refractivity contribution is -0.137. The van der Waals surface area contributed by atoms with Crippen LogP contribution in [0.5, 0.6) is 0 Å². The molecule has 1 saturated heterocycles. The summed E-state index contributed by atoms with van der Waals surface area (Å²) in [6.45, 7) is 9.82. The average molecular weight is 681 g/mol. The smallest absolute Gasteiger partial charge is 0.417 e. The number of hydrogen-bond donors (Lipinski definition) is 0. The molecule has 1 amide bonds. The van der Waals surface area contributed by atoms with E-state index in [9.17, 15) is 14.0 Å². The highest BCUT2D eigenvalue weighted by molar-refractivity contribution is 7.99. The number of rotatable bonds is 6. The molecule has 0 unspecified atom stereocenters. The van der Waals surface area contributed by atoms with Crippen molar-refractivity contribution in [2.75, 3.05) is 51.2 Å². The Balaban J connectivity index is 1.76.